The van der Waals surface area contributed by atoms with Gasteiger partial charge in [0.25, 0.3) is 0 Å². The molecule has 1 aliphatic rings. The van der Waals surface area contributed by atoms with Crippen molar-refractivity contribution >= 4 is 11.7 Å². The van der Waals surface area contributed by atoms with E-state index in [1.54, 1.807) is 17.9 Å². The Morgan fingerprint density at radius 3 is 2.59 bits per heavy atom. The molecule has 1 saturated heterocycles. The third-order valence-corrected chi connectivity index (χ3v) is 4.23. The van der Waals surface area contributed by atoms with Gasteiger partial charge in [-0.25, -0.2) is 9.18 Å². The van der Waals surface area contributed by atoms with Crippen LogP contribution in [0, 0.1) is 12.7 Å². The van der Waals surface area contributed by atoms with Crippen LogP contribution in [0.3, 0.4) is 0 Å². The number of aliphatic hydroxyl groups excluding tert-OH is 1. The van der Waals surface area contributed by atoms with Gasteiger partial charge in [0, 0.05) is 37.9 Å². The normalized spacial score (nSPS) is 17.4. The highest BCUT2D eigenvalue weighted by molar-refractivity contribution is 5.90. The molecule has 2 rings (SSSR count). The van der Waals surface area contributed by atoms with Gasteiger partial charge in [-0.05, 0) is 37.1 Å². The van der Waals surface area contributed by atoms with E-state index in [1.807, 2.05) is 0 Å². The van der Waals surface area contributed by atoms with Crippen LogP contribution in [0.1, 0.15) is 18.9 Å². The molecule has 6 heteroatoms. The summed E-state index contributed by atoms with van der Waals surface area (Å²) in [5.74, 6) is -0.307. The largest absolute Gasteiger partial charge is 0.395 e. The molecule has 0 saturated carbocycles. The number of hydrogen-bond acceptors (Lipinski definition) is 3. The Morgan fingerprint density at radius 2 is 2.05 bits per heavy atom. The van der Waals surface area contributed by atoms with E-state index < -0.39 is 0 Å². The fourth-order valence-electron chi connectivity index (χ4n) is 2.75. The zero-order valence-corrected chi connectivity index (χ0v) is 13.2. The van der Waals surface area contributed by atoms with E-state index in [9.17, 15) is 14.3 Å². The summed E-state index contributed by atoms with van der Waals surface area (Å²) in [4.78, 5) is 16.2. The number of hydrogen-bond donors (Lipinski definition) is 2. The van der Waals surface area contributed by atoms with Crippen LogP contribution in [0.2, 0.25) is 0 Å². The molecular weight excluding hydrogens is 285 g/mol. The molecule has 1 aliphatic heterocycles. The maximum atomic E-state index is 13.1. The molecule has 22 heavy (non-hydrogen) atoms. The van der Waals surface area contributed by atoms with Crippen molar-refractivity contribution in [3.63, 3.8) is 0 Å². The van der Waals surface area contributed by atoms with Crippen molar-refractivity contribution in [3.8, 4) is 0 Å². The molecule has 0 radical (unpaired) electrons. The number of urea groups is 1. The van der Waals surface area contributed by atoms with Crippen molar-refractivity contribution < 1.29 is 14.3 Å². The minimum Gasteiger partial charge on any atom is -0.395 e. The second kappa shape index (κ2) is 7.56. The fraction of sp³-hybridized carbons (Fsp3) is 0.562. The number of carbonyl (C=O) groups excluding carboxylic acids is 1. The van der Waals surface area contributed by atoms with Crippen LogP contribution in [-0.4, -0.2) is 59.8 Å². The van der Waals surface area contributed by atoms with Crippen molar-refractivity contribution in [2.45, 2.75) is 26.3 Å². The van der Waals surface area contributed by atoms with Gasteiger partial charge < -0.3 is 15.3 Å². The highest BCUT2D eigenvalue weighted by atomic mass is 19.1. The lowest BCUT2D eigenvalue weighted by atomic mass is 10.1. The number of amides is 2. The van der Waals surface area contributed by atoms with Gasteiger partial charge >= 0.3 is 6.03 Å². The summed E-state index contributed by atoms with van der Waals surface area (Å²) in [5.41, 5.74) is 1.34. The number of nitrogens with zero attached hydrogens (tertiary/aromatic N) is 2. The number of aryl methyl sites for hydroxylation is 1. The van der Waals surface area contributed by atoms with Crippen molar-refractivity contribution in [3.05, 3.63) is 29.6 Å². The summed E-state index contributed by atoms with van der Waals surface area (Å²) in [7, 11) is 0. The standard InChI is InChI=1S/C16H24FN3O2/c1-3-14(11-21)19-6-8-20(9-7-19)16(22)18-15-5-4-13(17)10-12(15)2/h4-5,10,14,21H,3,6-9,11H2,1-2H3,(H,18,22). The molecule has 1 aromatic rings. The van der Waals surface area contributed by atoms with E-state index in [4.69, 9.17) is 0 Å². The molecule has 1 atom stereocenters. The molecule has 1 fully saturated rings. The molecule has 0 aliphatic carbocycles. The van der Waals surface area contributed by atoms with Gasteiger partial charge in [0.1, 0.15) is 5.82 Å². The average Bonchev–Trinajstić information content (AvgIpc) is 2.52. The highest BCUT2D eigenvalue weighted by Gasteiger charge is 2.25. The van der Waals surface area contributed by atoms with Crippen LogP contribution < -0.4 is 5.32 Å². The Morgan fingerprint density at radius 1 is 1.36 bits per heavy atom. The molecule has 0 spiro atoms. The smallest absolute Gasteiger partial charge is 0.321 e. The van der Waals surface area contributed by atoms with E-state index in [1.165, 1.54) is 12.1 Å². The van der Waals surface area contributed by atoms with E-state index in [0.717, 1.165) is 19.5 Å². The predicted octanol–water partition coefficient (Wildman–Crippen LogP) is 2.05. The summed E-state index contributed by atoms with van der Waals surface area (Å²) in [5, 5.41) is 12.2. The first-order chi connectivity index (χ1) is 10.5. The third kappa shape index (κ3) is 3.96. The van der Waals surface area contributed by atoms with E-state index >= 15 is 0 Å². The van der Waals surface area contributed by atoms with E-state index in [0.29, 0.717) is 24.3 Å². The summed E-state index contributed by atoms with van der Waals surface area (Å²) in [6.07, 6.45) is 0.900. The maximum absolute atomic E-state index is 13.1. The second-order valence-corrected chi connectivity index (χ2v) is 5.66. The van der Waals surface area contributed by atoms with Gasteiger partial charge in [-0.2, -0.15) is 0 Å². The van der Waals surface area contributed by atoms with E-state index in [-0.39, 0.29) is 24.5 Å². The topological polar surface area (TPSA) is 55.8 Å². The quantitative estimate of drug-likeness (QED) is 0.895. The lowest BCUT2D eigenvalue weighted by Gasteiger charge is -2.38. The highest BCUT2D eigenvalue weighted by Crippen LogP contribution is 2.17. The number of nitrogens with one attached hydrogen (secondary N) is 1. The number of anilines is 1. The summed E-state index contributed by atoms with van der Waals surface area (Å²) < 4.78 is 13.1. The van der Waals surface area contributed by atoms with Gasteiger partial charge in [-0.15, -0.1) is 0 Å². The predicted molar refractivity (Wildman–Crippen MR) is 84.5 cm³/mol. The molecule has 0 bridgehead atoms. The van der Waals surface area contributed by atoms with Gasteiger partial charge in [0.05, 0.1) is 6.61 Å². The summed E-state index contributed by atoms with van der Waals surface area (Å²) in [6.45, 7) is 6.74. The molecule has 2 N–H and O–H groups in total. The number of aliphatic hydroxyl groups is 1. The second-order valence-electron chi connectivity index (χ2n) is 5.66. The SMILES string of the molecule is CCC(CO)N1CCN(C(=O)Nc2ccc(F)cc2C)CC1. The number of piperazine rings is 1. The number of rotatable bonds is 4. The molecular formula is C16H24FN3O2. The Kier molecular flexibility index (Phi) is 5.74. The van der Waals surface area contributed by atoms with Crippen LogP contribution in [0.4, 0.5) is 14.9 Å². The lowest BCUT2D eigenvalue weighted by molar-refractivity contribution is 0.0766. The number of halogens is 1. The third-order valence-electron chi connectivity index (χ3n) is 4.23. The molecule has 1 unspecified atom stereocenters. The van der Waals surface area contributed by atoms with Crippen molar-refractivity contribution in [2.24, 2.45) is 0 Å². The van der Waals surface area contributed by atoms with E-state index in [2.05, 4.69) is 17.1 Å². The first kappa shape index (κ1) is 16.7. The molecule has 0 aromatic heterocycles. The van der Waals surface area contributed by atoms with Crippen LogP contribution in [0.25, 0.3) is 0 Å². The first-order valence-electron chi connectivity index (χ1n) is 7.72. The molecule has 5 nitrogen and oxygen atoms in total. The van der Waals surface area contributed by atoms with Gasteiger partial charge in [0.15, 0.2) is 0 Å². The Labute approximate surface area is 130 Å². The van der Waals surface area contributed by atoms with Crippen LogP contribution >= 0.6 is 0 Å². The summed E-state index contributed by atoms with van der Waals surface area (Å²) in [6, 6.07) is 4.34. The Hall–Kier alpha value is -1.66. The summed E-state index contributed by atoms with van der Waals surface area (Å²) >= 11 is 0. The van der Waals surface area contributed by atoms with Crippen molar-refractivity contribution in [1.29, 1.82) is 0 Å². The van der Waals surface area contributed by atoms with Gasteiger partial charge in [0.2, 0.25) is 0 Å². The van der Waals surface area contributed by atoms with Gasteiger partial charge in [-0.3, -0.25) is 4.90 Å². The monoisotopic (exact) mass is 309 g/mol. The number of benzene rings is 1. The zero-order valence-electron chi connectivity index (χ0n) is 13.2. The maximum Gasteiger partial charge on any atom is 0.321 e. The fourth-order valence-corrected chi connectivity index (χ4v) is 2.75. The van der Waals surface area contributed by atoms with Crippen LogP contribution in [-0.2, 0) is 0 Å². The number of carbonyl (C=O) groups is 1. The molecule has 2 amide bonds. The Balaban J connectivity index is 1.90. The van der Waals surface area contributed by atoms with Crippen molar-refractivity contribution in [1.82, 2.24) is 9.80 Å². The van der Waals surface area contributed by atoms with Crippen molar-refractivity contribution in [2.75, 3.05) is 38.1 Å². The molecule has 1 heterocycles. The minimum absolute atomic E-state index is 0.150. The first-order valence-corrected chi connectivity index (χ1v) is 7.72. The van der Waals surface area contributed by atoms with Crippen LogP contribution in [0.5, 0.6) is 0 Å². The zero-order chi connectivity index (χ0) is 16.1. The molecule has 1 aromatic carbocycles. The average molecular weight is 309 g/mol. The Bertz CT molecular complexity index is 512. The van der Waals surface area contributed by atoms with Crippen LogP contribution in [0.15, 0.2) is 18.2 Å². The lowest BCUT2D eigenvalue weighted by Crippen LogP contribution is -2.53. The molecule has 122 valence electrons. The minimum atomic E-state index is -0.307. The van der Waals surface area contributed by atoms with Gasteiger partial charge in [-0.1, -0.05) is 6.92 Å².